The molecule has 5 heteroatoms. The number of halogens is 1. The summed E-state index contributed by atoms with van der Waals surface area (Å²) in [4.78, 5) is 19.4. The maximum absolute atomic E-state index is 12.4. The second-order valence-corrected chi connectivity index (χ2v) is 7.60. The number of rotatable bonds is 3. The van der Waals surface area contributed by atoms with Crippen LogP contribution in [-0.2, 0) is 13.0 Å². The van der Waals surface area contributed by atoms with Gasteiger partial charge < -0.3 is 0 Å². The van der Waals surface area contributed by atoms with Gasteiger partial charge in [-0.15, -0.1) is 0 Å². The zero-order chi connectivity index (χ0) is 17.4. The lowest BCUT2D eigenvalue weighted by Crippen LogP contribution is -2.28. The van der Waals surface area contributed by atoms with E-state index in [1.54, 1.807) is 16.7 Å². The summed E-state index contributed by atoms with van der Waals surface area (Å²) in [5.41, 5.74) is 4.32. The van der Waals surface area contributed by atoms with E-state index in [2.05, 4.69) is 57.1 Å². The van der Waals surface area contributed by atoms with Crippen LogP contribution in [0.2, 0.25) is 0 Å². The number of aryl methyl sites for hydroxylation is 1. The Bertz CT molecular complexity index is 982. The van der Waals surface area contributed by atoms with E-state index in [4.69, 9.17) is 0 Å². The molecule has 1 aliphatic rings. The largest absolute Gasteiger partial charge is 0.294 e. The van der Waals surface area contributed by atoms with Crippen LogP contribution in [0.1, 0.15) is 35.7 Å². The van der Waals surface area contributed by atoms with Crippen molar-refractivity contribution in [2.45, 2.75) is 31.8 Å². The summed E-state index contributed by atoms with van der Waals surface area (Å²) in [5, 5.41) is 0. The van der Waals surface area contributed by atoms with Crippen molar-refractivity contribution in [1.29, 1.82) is 0 Å². The molecule has 1 aliphatic carbocycles. The molecule has 4 nitrogen and oxygen atoms in total. The van der Waals surface area contributed by atoms with Crippen molar-refractivity contribution in [2.75, 3.05) is 7.05 Å². The van der Waals surface area contributed by atoms with E-state index in [1.807, 2.05) is 12.1 Å². The monoisotopic (exact) mass is 397 g/mol. The van der Waals surface area contributed by atoms with Gasteiger partial charge in [0.15, 0.2) is 0 Å². The summed E-state index contributed by atoms with van der Waals surface area (Å²) < 4.78 is 2.44. The van der Waals surface area contributed by atoms with E-state index in [-0.39, 0.29) is 5.56 Å². The Morgan fingerprint density at radius 2 is 2.12 bits per heavy atom. The highest BCUT2D eigenvalue weighted by molar-refractivity contribution is 9.10. The zero-order valence-electron chi connectivity index (χ0n) is 14.2. The molecule has 0 bridgehead atoms. The predicted octanol–water partition coefficient (Wildman–Crippen LogP) is 3.97. The quantitative estimate of drug-likeness (QED) is 0.670. The molecule has 0 fully saturated rings. The summed E-state index contributed by atoms with van der Waals surface area (Å²) >= 11 is 3.40. The highest BCUT2D eigenvalue weighted by Gasteiger charge is 2.23. The molecule has 0 N–H and O–H groups in total. The number of benzene rings is 1. The maximum atomic E-state index is 12.4. The van der Waals surface area contributed by atoms with Crippen molar-refractivity contribution in [3.05, 3.63) is 80.3 Å². The Hall–Kier alpha value is -1.98. The lowest BCUT2D eigenvalue weighted by molar-refractivity contribution is 0.211. The first-order valence-corrected chi connectivity index (χ1v) is 9.37. The molecule has 2 aromatic heterocycles. The van der Waals surface area contributed by atoms with Crippen LogP contribution in [0.25, 0.3) is 5.65 Å². The molecule has 4 rings (SSSR count). The first kappa shape index (κ1) is 16.5. The third kappa shape index (κ3) is 3.26. The van der Waals surface area contributed by atoms with Crippen LogP contribution in [0.3, 0.4) is 0 Å². The third-order valence-corrected chi connectivity index (χ3v) is 5.43. The molecule has 0 saturated heterocycles. The van der Waals surface area contributed by atoms with Gasteiger partial charge in [-0.05, 0) is 65.5 Å². The predicted molar refractivity (Wildman–Crippen MR) is 103 cm³/mol. The Labute approximate surface area is 155 Å². The zero-order valence-corrected chi connectivity index (χ0v) is 15.7. The van der Waals surface area contributed by atoms with Gasteiger partial charge >= 0.3 is 0 Å². The van der Waals surface area contributed by atoms with Crippen molar-refractivity contribution in [2.24, 2.45) is 0 Å². The van der Waals surface area contributed by atoms with Gasteiger partial charge in [0.2, 0.25) is 0 Å². The molecule has 2 heterocycles. The minimum atomic E-state index is -0.0428. The average molecular weight is 398 g/mol. The molecule has 0 spiro atoms. The molecule has 0 amide bonds. The first-order chi connectivity index (χ1) is 12.1. The van der Waals surface area contributed by atoms with Gasteiger partial charge in [0, 0.05) is 29.3 Å². The minimum absolute atomic E-state index is 0.0428. The standard InChI is InChI=1S/C20H20BrN3O/c1-23(18-8-4-6-14-5-2-3-7-17(14)18)13-16-11-20(25)24-12-15(21)9-10-19(24)22-16/h2-3,5,7,9-12,18H,4,6,8,13H2,1H3/t18-/m1/s1. The SMILES string of the molecule is CN(Cc1cc(=O)n2cc(Br)ccc2n1)[C@@H]1CCCc2ccccc21. The van der Waals surface area contributed by atoms with Gasteiger partial charge in [-0.25, -0.2) is 4.98 Å². The fourth-order valence-electron chi connectivity index (χ4n) is 3.76. The molecular formula is C20H20BrN3O. The summed E-state index contributed by atoms with van der Waals surface area (Å²) in [5.74, 6) is 0. The molecule has 0 aliphatic heterocycles. The van der Waals surface area contributed by atoms with Crippen LogP contribution in [0.5, 0.6) is 0 Å². The third-order valence-electron chi connectivity index (χ3n) is 4.96. The summed E-state index contributed by atoms with van der Waals surface area (Å²) in [6.45, 7) is 0.667. The van der Waals surface area contributed by atoms with Crippen molar-refractivity contribution in [3.8, 4) is 0 Å². The van der Waals surface area contributed by atoms with E-state index in [1.165, 1.54) is 17.5 Å². The fourth-order valence-corrected chi connectivity index (χ4v) is 4.10. The summed E-state index contributed by atoms with van der Waals surface area (Å²) in [7, 11) is 2.12. The molecule has 0 unspecified atom stereocenters. The Morgan fingerprint density at radius 3 is 3.00 bits per heavy atom. The topological polar surface area (TPSA) is 37.6 Å². The number of hydrogen-bond donors (Lipinski definition) is 0. The van der Waals surface area contributed by atoms with Crippen molar-refractivity contribution in [1.82, 2.24) is 14.3 Å². The van der Waals surface area contributed by atoms with Crippen molar-refractivity contribution >= 4 is 21.6 Å². The fraction of sp³-hybridized carbons (Fsp3) is 0.300. The second-order valence-electron chi connectivity index (χ2n) is 6.68. The summed E-state index contributed by atoms with van der Waals surface area (Å²) in [6, 6.07) is 14.5. The Balaban J connectivity index is 1.63. The van der Waals surface area contributed by atoms with Gasteiger partial charge in [-0.3, -0.25) is 14.1 Å². The number of hydrogen-bond acceptors (Lipinski definition) is 3. The van der Waals surface area contributed by atoms with Gasteiger partial charge in [-0.1, -0.05) is 24.3 Å². The normalized spacial score (nSPS) is 17.0. The smallest absolute Gasteiger partial charge is 0.258 e. The van der Waals surface area contributed by atoms with Crippen LogP contribution < -0.4 is 5.56 Å². The minimum Gasteiger partial charge on any atom is -0.294 e. The lowest BCUT2D eigenvalue weighted by atomic mass is 9.87. The lowest BCUT2D eigenvalue weighted by Gasteiger charge is -2.33. The molecular weight excluding hydrogens is 378 g/mol. The van der Waals surface area contributed by atoms with E-state index < -0.39 is 0 Å². The molecule has 25 heavy (non-hydrogen) atoms. The molecule has 1 aromatic carbocycles. The van der Waals surface area contributed by atoms with E-state index in [9.17, 15) is 4.79 Å². The Morgan fingerprint density at radius 1 is 1.28 bits per heavy atom. The number of nitrogens with zero attached hydrogens (tertiary/aromatic N) is 3. The molecule has 1 atom stereocenters. The van der Waals surface area contributed by atoms with Crippen LogP contribution >= 0.6 is 15.9 Å². The van der Waals surface area contributed by atoms with Gasteiger partial charge in [0.05, 0.1) is 5.69 Å². The average Bonchev–Trinajstić information content (AvgIpc) is 2.62. The van der Waals surface area contributed by atoms with E-state index >= 15 is 0 Å². The number of fused-ring (bicyclic) bond motifs is 2. The van der Waals surface area contributed by atoms with Gasteiger partial charge in [0.1, 0.15) is 5.65 Å². The Kier molecular flexibility index (Phi) is 4.44. The number of aromatic nitrogens is 2. The van der Waals surface area contributed by atoms with Crippen molar-refractivity contribution < 1.29 is 0 Å². The van der Waals surface area contributed by atoms with Gasteiger partial charge in [-0.2, -0.15) is 0 Å². The maximum Gasteiger partial charge on any atom is 0.258 e. The highest BCUT2D eigenvalue weighted by atomic mass is 79.9. The van der Waals surface area contributed by atoms with E-state index in [0.29, 0.717) is 18.2 Å². The molecule has 128 valence electrons. The van der Waals surface area contributed by atoms with Gasteiger partial charge in [0.25, 0.3) is 5.56 Å². The molecule has 3 aromatic rings. The number of pyridine rings is 1. The van der Waals surface area contributed by atoms with E-state index in [0.717, 1.165) is 23.0 Å². The van der Waals surface area contributed by atoms with Crippen LogP contribution in [0, 0.1) is 0 Å². The van der Waals surface area contributed by atoms with Crippen LogP contribution in [0.15, 0.2) is 57.9 Å². The molecule has 0 saturated carbocycles. The van der Waals surface area contributed by atoms with Crippen molar-refractivity contribution in [3.63, 3.8) is 0 Å². The second kappa shape index (κ2) is 6.73. The first-order valence-electron chi connectivity index (χ1n) is 8.58. The highest BCUT2D eigenvalue weighted by Crippen LogP contribution is 2.33. The summed E-state index contributed by atoms with van der Waals surface area (Å²) in [6.07, 6.45) is 5.27. The van der Waals surface area contributed by atoms with Crippen LogP contribution in [0.4, 0.5) is 0 Å². The molecule has 0 radical (unpaired) electrons. The van der Waals surface area contributed by atoms with Crippen LogP contribution in [-0.4, -0.2) is 21.3 Å².